The molecule has 3 rings (SSSR count). The van der Waals surface area contributed by atoms with Crippen LogP contribution in [0.1, 0.15) is 91.9 Å². The minimum Gasteiger partial charge on any atom is -0.342 e. The SMILES string of the molecule is CC(C)CCCCC1CCN(C(=O)C2CCC(N3CCN(C(C)C)CC3)CC2)CC1. The Morgan fingerprint density at radius 1 is 0.800 bits per heavy atom. The molecule has 1 amide bonds. The molecule has 4 heteroatoms. The van der Waals surface area contributed by atoms with Gasteiger partial charge < -0.3 is 4.90 Å². The van der Waals surface area contributed by atoms with Crippen molar-refractivity contribution in [2.75, 3.05) is 39.3 Å². The highest BCUT2D eigenvalue weighted by Crippen LogP contribution is 2.31. The van der Waals surface area contributed by atoms with Crippen molar-refractivity contribution in [3.05, 3.63) is 0 Å². The highest BCUT2D eigenvalue weighted by molar-refractivity contribution is 5.79. The van der Waals surface area contributed by atoms with Crippen molar-refractivity contribution < 1.29 is 4.79 Å². The van der Waals surface area contributed by atoms with Gasteiger partial charge in [0.05, 0.1) is 0 Å². The summed E-state index contributed by atoms with van der Waals surface area (Å²) in [6.45, 7) is 16.2. The Morgan fingerprint density at radius 3 is 2.00 bits per heavy atom. The fraction of sp³-hybridized carbons (Fsp3) is 0.962. The van der Waals surface area contributed by atoms with Gasteiger partial charge in [0.2, 0.25) is 5.91 Å². The van der Waals surface area contributed by atoms with Crippen molar-refractivity contribution in [1.82, 2.24) is 14.7 Å². The number of carbonyl (C=O) groups excluding carboxylic acids is 1. The van der Waals surface area contributed by atoms with E-state index in [1.807, 2.05) is 0 Å². The predicted octanol–water partition coefficient (Wildman–Crippen LogP) is 5.03. The maximum atomic E-state index is 13.1. The Morgan fingerprint density at radius 2 is 1.43 bits per heavy atom. The second-order valence-corrected chi connectivity index (χ2v) is 11.1. The van der Waals surface area contributed by atoms with E-state index in [9.17, 15) is 4.79 Å². The standard InChI is InChI=1S/C26H49N3O/c1-21(2)7-5-6-8-23-13-15-29(16-14-23)26(30)24-9-11-25(12-10-24)28-19-17-27(18-20-28)22(3)4/h21-25H,5-20H2,1-4H3. The number of piperidine rings is 1. The number of carbonyl (C=O) groups is 1. The lowest BCUT2D eigenvalue weighted by Gasteiger charge is -2.43. The van der Waals surface area contributed by atoms with Gasteiger partial charge in [-0.2, -0.15) is 0 Å². The molecule has 0 aromatic heterocycles. The summed E-state index contributed by atoms with van der Waals surface area (Å²) in [4.78, 5) is 20.6. The van der Waals surface area contributed by atoms with Crippen LogP contribution in [0.2, 0.25) is 0 Å². The third kappa shape index (κ3) is 6.95. The normalized spacial score (nSPS) is 27.9. The number of amides is 1. The number of likely N-dealkylation sites (tertiary alicyclic amines) is 1. The fourth-order valence-electron chi connectivity index (χ4n) is 5.99. The molecule has 1 saturated carbocycles. The van der Waals surface area contributed by atoms with Crippen LogP contribution in [-0.4, -0.2) is 72.0 Å². The monoisotopic (exact) mass is 419 g/mol. The molecule has 2 saturated heterocycles. The third-order valence-electron chi connectivity index (χ3n) is 8.21. The molecule has 0 N–H and O–H groups in total. The van der Waals surface area contributed by atoms with E-state index in [4.69, 9.17) is 0 Å². The zero-order chi connectivity index (χ0) is 21.5. The van der Waals surface area contributed by atoms with Crippen molar-refractivity contribution in [3.63, 3.8) is 0 Å². The van der Waals surface area contributed by atoms with E-state index in [-0.39, 0.29) is 0 Å². The number of piperazine rings is 1. The van der Waals surface area contributed by atoms with Crippen LogP contribution < -0.4 is 0 Å². The van der Waals surface area contributed by atoms with E-state index in [1.54, 1.807) is 0 Å². The van der Waals surface area contributed by atoms with Crippen LogP contribution >= 0.6 is 0 Å². The predicted molar refractivity (Wildman–Crippen MR) is 127 cm³/mol. The minimum absolute atomic E-state index is 0.306. The zero-order valence-corrected chi connectivity index (χ0v) is 20.5. The summed E-state index contributed by atoms with van der Waals surface area (Å²) in [5, 5.41) is 0. The van der Waals surface area contributed by atoms with Crippen molar-refractivity contribution >= 4 is 5.91 Å². The summed E-state index contributed by atoms with van der Waals surface area (Å²) in [6.07, 6.45) is 12.7. The van der Waals surface area contributed by atoms with E-state index in [0.29, 0.717) is 17.9 Å². The number of rotatable bonds is 8. The minimum atomic E-state index is 0.306. The van der Waals surface area contributed by atoms with Gasteiger partial charge in [0, 0.05) is 57.3 Å². The van der Waals surface area contributed by atoms with Crippen LogP contribution in [0.3, 0.4) is 0 Å². The summed E-state index contributed by atoms with van der Waals surface area (Å²) in [5.41, 5.74) is 0. The molecular weight excluding hydrogens is 370 g/mol. The molecule has 3 aliphatic rings. The molecule has 30 heavy (non-hydrogen) atoms. The maximum Gasteiger partial charge on any atom is 0.225 e. The van der Waals surface area contributed by atoms with Crippen LogP contribution in [0, 0.1) is 17.8 Å². The summed E-state index contributed by atoms with van der Waals surface area (Å²) < 4.78 is 0. The lowest BCUT2D eigenvalue weighted by Crippen LogP contribution is -2.53. The molecular formula is C26H49N3O. The average Bonchev–Trinajstić information content (AvgIpc) is 2.77. The van der Waals surface area contributed by atoms with Crippen LogP contribution in [0.25, 0.3) is 0 Å². The Kier molecular flexibility index (Phi) is 9.50. The van der Waals surface area contributed by atoms with Crippen LogP contribution in [-0.2, 0) is 4.79 Å². The summed E-state index contributed by atoms with van der Waals surface area (Å²) in [7, 11) is 0. The Labute approximate surface area is 186 Å². The van der Waals surface area contributed by atoms with Gasteiger partial charge in [-0.05, 0) is 64.2 Å². The molecule has 2 aliphatic heterocycles. The fourth-order valence-corrected chi connectivity index (χ4v) is 5.99. The van der Waals surface area contributed by atoms with E-state index in [2.05, 4.69) is 42.4 Å². The van der Waals surface area contributed by atoms with Gasteiger partial charge >= 0.3 is 0 Å². The summed E-state index contributed by atoms with van der Waals surface area (Å²) in [5.74, 6) is 2.49. The van der Waals surface area contributed by atoms with Gasteiger partial charge in [-0.3, -0.25) is 14.6 Å². The molecule has 0 spiro atoms. The van der Waals surface area contributed by atoms with Crippen LogP contribution in [0.5, 0.6) is 0 Å². The molecule has 3 fully saturated rings. The lowest BCUT2D eigenvalue weighted by atomic mass is 9.83. The molecule has 0 unspecified atom stereocenters. The van der Waals surface area contributed by atoms with Gasteiger partial charge in [0.1, 0.15) is 0 Å². The van der Waals surface area contributed by atoms with Crippen LogP contribution in [0.15, 0.2) is 0 Å². The molecule has 1 aliphatic carbocycles. The highest BCUT2D eigenvalue weighted by atomic mass is 16.2. The highest BCUT2D eigenvalue weighted by Gasteiger charge is 2.34. The van der Waals surface area contributed by atoms with Gasteiger partial charge in [-0.15, -0.1) is 0 Å². The average molecular weight is 420 g/mol. The van der Waals surface area contributed by atoms with Gasteiger partial charge in [-0.1, -0.05) is 39.5 Å². The first-order chi connectivity index (χ1) is 14.4. The Bertz CT molecular complexity index is 496. The van der Waals surface area contributed by atoms with Crippen molar-refractivity contribution in [2.24, 2.45) is 17.8 Å². The first-order valence-corrected chi connectivity index (χ1v) is 13.2. The molecule has 0 atom stereocenters. The largest absolute Gasteiger partial charge is 0.342 e. The van der Waals surface area contributed by atoms with E-state index >= 15 is 0 Å². The molecule has 2 heterocycles. The molecule has 0 aromatic rings. The van der Waals surface area contributed by atoms with Crippen LogP contribution in [0.4, 0.5) is 0 Å². The Balaban J connectivity index is 1.32. The second kappa shape index (κ2) is 11.9. The van der Waals surface area contributed by atoms with Crippen molar-refractivity contribution in [1.29, 1.82) is 0 Å². The van der Waals surface area contributed by atoms with Gasteiger partial charge in [-0.25, -0.2) is 0 Å². The number of hydrogen-bond acceptors (Lipinski definition) is 3. The van der Waals surface area contributed by atoms with Gasteiger partial charge in [0.25, 0.3) is 0 Å². The molecule has 174 valence electrons. The molecule has 0 aromatic carbocycles. The van der Waals surface area contributed by atoms with E-state index in [1.165, 1.54) is 77.5 Å². The second-order valence-electron chi connectivity index (χ2n) is 11.1. The third-order valence-corrected chi connectivity index (χ3v) is 8.21. The Hall–Kier alpha value is -0.610. The summed E-state index contributed by atoms with van der Waals surface area (Å²) in [6, 6.07) is 1.39. The van der Waals surface area contributed by atoms with E-state index in [0.717, 1.165) is 43.8 Å². The van der Waals surface area contributed by atoms with Gasteiger partial charge in [0.15, 0.2) is 0 Å². The van der Waals surface area contributed by atoms with Crippen molar-refractivity contribution in [3.8, 4) is 0 Å². The molecule has 4 nitrogen and oxygen atoms in total. The zero-order valence-electron chi connectivity index (χ0n) is 20.5. The number of hydrogen-bond donors (Lipinski definition) is 0. The van der Waals surface area contributed by atoms with E-state index < -0.39 is 0 Å². The lowest BCUT2D eigenvalue weighted by molar-refractivity contribution is -0.138. The van der Waals surface area contributed by atoms with Crippen molar-refractivity contribution in [2.45, 2.75) is 104 Å². The molecule has 0 bridgehead atoms. The summed E-state index contributed by atoms with van der Waals surface area (Å²) >= 11 is 0. The topological polar surface area (TPSA) is 26.8 Å². The quantitative estimate of drug-likeness (QED) is 0.517. The smallest absolute Gasteiger partial charge is 0.225 e. The maximum absolute atomic E-state index is 13.1. The molecule has 0 radical (unpaired) electrons. The first kappa shape index (κ1) is 24.0. The number of unbranched alkanes of at least 4 members (excludes halogenated alkanes) is 1. The number of nitrogens with zero attached hydrogens (tertiary/aromatic N) is 3. The first-order valence-electron chi connectivity index (χ1n) is 13.2.